The average Bonchev–Trinajstić information content (AvgIpc) is 2.65. The van der Waals surface area contributed by atoms with Crippen LogP contribution in [0, 0.1) is 5.92 Å². The molecule has 1 unspecified atom stereocenters. The van der Waals surface area contributed by atoms with Crippen LogP contribution in [0.2, 0.25) is 0 Å². The van der Waals surface area contributed by atoms with E-state index in [1.807, 2.05) is 0 Å². The highest BCUT2D eigenvalue weighted by atomic mass is 16.6. The maximum absolute atomic E-state index is 11.7. The summed E-state index contributed by atoms with van der Waals surface area (Å²) in [5.41, 5.74) is 0. The van der Waals surface area contributed by atoms with E-state index >= 15 is 0 Å². The third-order valence-corrected chi connectivity index (χ3v) is 4.89. The zero-order chi connectivity index (χ0) is 19.5. The Morgan fingerprint density at radius 3 is 1.69 bits per heavy atom. The fourth-order valence-corrected chi connectivity index (χ4v) is 2.96. The van der Waals surface area contributed by atoms with Crippen LogP contribution in [0.3, 0.4) is 0 Å². The third-order valence-electron chi connectivity index (χ3n) is 4.89. The minimum atomic E-state index is -0.841. The molecule has 0 radical (unpaired) electrons. The summed E-state index contributed by atoms with van der Waals surface area (Å²) in [6.07, 6.45) is 16.5. The van der Waals surface area contributed by atoms with Gasteiger partial charge in [-0.1, -0.05) is 97.8 Å². The summed E-state index contributed by atoms with van der Waals surface area (Å²) in [6.45, 7) is 7.10. The van der Waals surface area contributed by atoms with Crippen LogP contribution < -0.4 is 0 Å². The van der Waals surface area contributed by atoms with Gasteiger partial charge < -0.3 is 9.47 Å². The molecule has 0 aromatic rings. The second-order valence-corrected chi connectivity index (χ2v) is 7.33. The molecule has 0 aromatic carbocycles. The molecule has 4 heteroatoms. The largest absolute Gasteiger partial charge is 0.457 e. The number of esters is 2. The molecule has 0 aromatic heterocycles. The number of unbranched alkanes of at least 4 members (excludes halogenated alkanes) is 10. The lowest BCUT2D eigenvalue weighted by Crippen LogP contribution is -2.23. The van der Waals surface area contributed by atoms with Crippen molar-refractivity contribution in [3.8, 4) is 0 Å². The summed E-state index contributed by atoms with van der Waals surface area (Å²) in [6, 6.07) is 0. The van der Waals surface area contributed by atoms with Crippen molar-refractivity contribution >= 4 is 11.9 Å². The number of carbonyl (C=O) groups is 2. The normalized spacial score (nSPS) is 12.0. The number of hydrogen-bond donors (Lipinski definition) is 0. The molecule has 0 aliphatic rings. The van der Waals surface area contributed by atoms with Crippen molar-refractivity contribution in [2.24, 2.45) is 5.92 Å². The van der Waals surface area contributed by atoms with Gasteiger partial charge in [0, 0.05) is 0 Å². The predicted octanol–water partition coefficient (Wildman–Crippen LogP) is 6.21. The van der Waals surface area contributed by atoms with Crippen LogP contribution in [0.5, 0.6) is 0 Å². The third kappa shape index (κ3) is 15.2. The van der Waals surface area contributed by atoms with Crippen LogP contribution in [0.4, 0.5) is 0 Å². The summed E-state index contributed by atoms with van der Waals surface area (Å²) in [5, 5.41) is 0. The van der Waals surface area contributed by atoms with Gasteiger partial charge in [-0.05, 0) is 18.8 Å². The molecule has 0 aliphatic heterocycles. The van der Waals surface area contributed by atoms with E-state index in [2.05, 4.69) is 20.8 Å². The summed E-state index contributed by atoms with van der Waals surface area (Å²) >= 11 is 0. The van der Waals surface area contributed by atoms with E-state index in [1.54, 1.807) is 0 Å². The van der Waals surface area contributed by atoms with Crippen LogP contribution in [0.15, 0.2) is 0 Å². The van der Waals surface area contributed by atoms with E-state index in [9.17, 15) is 9.59 Å². The lowest BCUT2D eigenvalue weighted by molar-refractivity contribution is -0.168. The Bertz CT molecular complexity index is 341. The minimum Gasteiger partial charge on any atom is -0.457 e. The Balaban J connectivity index is 3.53. The van der Waals surface area contributed by atoms with Gasteiger partial charge in [0.15, 0.2) is 0 Å². The highest BCUT2D eigenvalue weighted by Gasteiger charge is 2.18. The zero-order valence-corrected chi connectivity index (χ0v) is 17.5. The molecular weight excluding hydrogens is 328 g/mol. The van der Waals surface area contributed by atoms with Gasteiger partial charge in [-0.2, -0.15) is 0 Å². The highest BCUT2D eigenvalue weighted by molar-refractivity contribution is 6.29. The SMILES string of the molecule is CCCCCCCCCCCCOC(=O)C(=O)OCC(CC)CCCC. The smallest absolute Gasteiger partial charge is 0.417 e. The van der Waals surface area contributed by atoms with E-state index in [-0.39, 0.29) is 0 Å². The van der Waals surface area contributed by atoms with E-state index in [4.69, 9.17) is 9.47 Å². The Labute approximate surface area is 161 Å². The van der Waals surface area contributed by atoms with Crippen molar-refractivity contribution in [2.45, 2.75) is 111 Å². The first-order valence-electron chi connectivity index (χ1n) is 11.0. The Kier molecular flexibility index (Phi) is 18.0. The lowest BCUT2D eigenvalue weighted by Gasteiger charge is -2.14. The van der Waals surface area contributed by atoms with Gasteiger partial charge in [-0.15, -0.1) is 0 Å². The average molecular weight is 371 g/mol. The van der Waals surface area contributed by atoms with Crippen molar-refractivity contribution in [1.29, 1.82) is 0 Å². The number of ether oxygens (including phenoxy) is 2. The summed E-state index contributed by atoms with van der Waals surface area (Å²) in [4.78, 5) is 23.3. The van der Waals surface area contributed by atoms with Gasteiger partial charge in [0.1, 0.15) is 0 Å². The molecule has 4 nitrogen and oxygen atoms in total. The van der Waals surface area contributed by atoms with Gasteiger partial charge in [0.05, 0.1) is 13.2 Å². The maximum Gasteiger partial charge on any atom is 0.417 e. The molecule has 0 heterocycles. The minimum absolute atomic E-state index is 0.317. The van der Waals surface area contributed by atoms with E-state index < -0.39 is 11.9 Å². The van der Waals surface area contributed by atoms with Crippen LogP contribution in [0.1, 0.15) is 111 Å². The Hall–Kier alpha value is -1.06. The highest BCUT2D eigenvalue weighted by Crippen LogP contribution is 2.13. The first kappa shape index (κ1) is 24.9. The van der Waals surface area contributed by atoms with Crippen LogP contribution in [-0.4, -0.2) is 25.2 Å². The van der Waals surface area contributed by atoms with E-state index in [0.29, 0.717) is 19.1 Å². The first-order valence-corrected chi connectivity index (χ1v) is 11.0. The van der Waals surface area contributed by atoms with Crippen molar-refractivity contribution < 1.29 is 19.1 Å². The molecule has 1 atom stereocenters. The molecule has 0 amide bonds. The van der Waals surface area contributed by atoms with Gasteiger partial charge in [-0.25, -0.2) is 9.59 Å². The summed E-state index contributed by atoms with van der Waals surface area (Å²) < 4.78 is 10.1. The molecule has 0 fully saturated rings. The van der Waals surface area contributed by atoms with Crippen molar-refractivity contribution in [1.82, 2.24) is 0 Å². The Morgan fingerprint density at radius 2 is 1.15 bits per heavy atom. The van der Waals surface area contributed by atoms with Gasteiger partial charge in [0.25, 0.3) is 0 Å². The second kappa shape index (κ2) is 18.7. The van der Waals surface area contributed by atoms with Crippen LogP contribution in [-0.2, 0) is 19.1 Å². The zero-order valence-electron chi connectivity index (χ0n) is 17.5. The molecule has 0 aliphatic carbocycles. The topological polar surface area (TPSA) is 52.6 Å². The van der Waals surface area contributed by atoms with Gasteiger partial charge in [-0.3, -0.25) is 0 Å². The van der Waals surface area contributed by atoms with Crippen molar-refractivity contribution in [3.63, 3.8) is 0 Å². The molecule has 0 rings (SSSR count). The number of rotatable bonds is 17. The van der Waals surface area contributed by atoms with Crippen molar-refractivity contribution in [2.75, 3.05) is 13.2 Å². The summed E-state index contributed by atoms with van der Waals surface area (Å²) in [7, 11) is 0. The first-order chi connectivity index (χ1) is 12.7. The van der Waals surface area contributed by atoms with Crippen LogP contribution >= 0.6 is 0 Å². The fourth-order valence-electron chi connectivity index (χ4n) is 2.96. The van der Waals surface area contributed by atoms with Gasteiger partial charge >= 0.3 is 11.9 Å². The molecule has 0 N–H and O–H groups in total. The molecule has 0 saturated carbocycles. The Morgan fingerprint density at radius 1 is 0.654 bits per heavy atom. The molecule has 0 spiro atoms. The fraction of sp³-hybridized carbons (Fsp3) is 0.909. The van der Waals surface area contributed by atoms with Crippen molar-refractivity contribution in [3.05, 3.63) is 0 Å². The predicted molar refractivity (Wildman–Crippen MR) is 107 cm³/mol. The molecule has 0 bridgehead atoms. The lowest BCUT2D eigenvalue weighted by atomic mass is 10.0. The molecule has 154 valence electrons. The molecule has 26 heavy (non-hydrogen) atoms. The standard InChI is InChI=1S/C22H42O4/c1-4-7-9-10-11-12-13-14-15-16-18-25-21(23)22(24)26-19-20(6-3)17-8-5-2/h20H,4-19H2,1-3H3. The monoisotopic (exact) mass is 370 g/mol. The summed E-state index contributed by atoms with van der Waals surface area (Å²) in [5.74, 6) is -1.34. The van der Waals surface area contributed by atoms with E-state index in [0.717, 1.165) is 38.5 Å². The number of hydrogen-bond acceptors (Lipinski definition) is 4. The molecule has 0 saturated heterocycles. The van der Waals surface area contributed by atoms with E-state index in [1.165, 1.54) is 51.4 Å². The quantitative estimate of drug-likeness (QED) is 0.173. The molecular formula is C22H42O4. The van der Waals surface area contributed by atoms with Gasteiger partial charge in [0.2, 0.25) is 0 Å². The second-order valence-electron chi connectivity index (χ2n) is 7.33. The number of carbonyl (C=O) groups excluding carboxylic acids is 2. The maximum atomic E-state index is 11.7. The van der Waals surface area contributed by atoms with Crippen LogP contribution in [0.25, 0.3) is 0 Å².